The number of amides is 2. The molecule has 2 aromatic rings. The first-order valence-corrected chi connectivity index (χ1v) is 7.22. The summed E-state index contributed by atoms with van der Waals surface area (Å²) in [7, 11) is 0. The summed E-state index contributed by atoms with van der Waals surface area (Å²) in [5.74, 6) is 0.912. The third-order valence-electron chi connectivity index (χ3n) is 4.05. The van der Waals surface area contributed by atoms with Crippen LogP contribution in [0.2, 0.25) is 0 Å². The van der Waals surface area contributed by atoms with E-state index in [4.69, 9.17) is 4.52 Å². The van der Waals surface area contributed by atoms with E-state index in [-0.39, 0.29) is 24.3 Å². The summed E-state index contributed by atoms with van der Waals surface area (Å²) < 4.78 is 5.21. The van der Waals surface area contributed by atoms with Crippen LogP contribution >= 0.6 is 0 Å². The fraction of sp³-hybridized carbons (Fsp3) is 0.333. The van der Waals surface area contributed by atoms with Gasteiger partial charge in [-0.1, -0.05) is 17.3 Å². The first-order chi connectivity index (χ1) is 10.7. The van der Waals surface area contributed by atoms with Gasteiger partial charge >= 0.3 is 0 Å². The molecule has 0 atom stereocenters. The zero-order chi connectivity index (χ0) is 15.1. The number of nitrogens with one attached hydrogen (secondary N) is 1. The van der Waals surface area contributed by atoms with Crippen molar-refractivity contribution in [3.63, 3.8) is 0 Å². The Balaban J connectivity index is 1.45. The number of rotatable bonds is 4. The van der Waals surface area contributed by atoms with Crippen molar-refractivity contribution in [2.45, 2.75) is 12.3 Å². The third-order valence-corrected chi connectivity index (χ3v) is 4.05. The summed E-state index contributed by atoms with van der Waals surface area (Å²) in [6.45, 7) is 1.95. The molecule has 2 aliphatic heterocycles. The van der Waals surface area contributed by atoms with Crippen LogP contribution in [-0.4, -0.2) is 46.5 Å². The van der Waals surface area contributed by atoms with Gasteiger partial charge < -0.3 is 9.84 Å². The molecule has 0 saturated carbocycles. The van der Waals surface area contributed by atoms with Crippen molar-refractivity contribution < 1.29 is 14.1 Å². The molecule has 3 heterocycles. The molecule has 7 nitrogen and oxygen atoms in total. The highest BCUT2D eigenvalue weighted by Crippen LogP contribution is 2.23. The van der Waals surface area contributed by atoms with E-state index in [1.165, 1.54) is 4.90 Å². The highest BCUT2D eigenvalue weighted by Gasteiger charge is 2.35. The molecule has 112 valence electrons. The Bertz CT molecular complexity index is 716. The Morgan fingerprint density at radius 1 is 1.18 bits per heavy atom. The van der Waals surface area contributed by atoms with Crippen LogP contribution in [-0.2, 0) is 6.42 Å². The molecule has 22 heavy (non-hydrogen) atoms. The van der Waals surface area contributed by atoms with E-state index in [1.807, 2.05) is 0 Å². The minimum absolute atomic E-state index is 0.257. The first-order valence-electron chi connectivity index (χ1n) is 7.22. The number of nitrogens with zero attached hydrogens (tertiary/aromatic N) is 3. The third kappa shape index (κ3) is 2.01. The van der Waals surface area contributed by atoms with Crippen molar-refractivity contribution in [2.24, 2.45) is 0 Å². The summed E-state index contributed by atoms with van der Waals surface area (Å²) in [5, 5.41) is 7.06. The van der Waals surface area contributed by atoms with Crippen LogP contribution < -0.4 is 5.32 Å². The van der Waals surface area contributed by atoms with Crippen LogP contribution in [0.4, 0.5) is 0 Å². The minimum atomic E-state index is -0.257. The molecule has 0 radical (unpaired) electrons. The number of hydrogen-bond acceptors (Lipinski definition) is 6. The Morgan fingerprint density at radius 3 is 2.45 bits per heavy atom. The zero-order valence-electron chi connectivity index (χ0n) is 11.8. The van der Waals surface area contributed by atoms with Crippen LogP contribution in [0.25, 0.3) is 0 Å². The lowest BCUT2D eigenvalue weighted by Gasteiger charge is -2.22. The molecule has 4 rings (SSSR count). The molecule has 0 bridgehead atoms. The predicted octanol–water partition coefficient (Wildman–Crippen LogP) is 0.595. The van der Waals surface area contributed by atoms with E-state index in [1.54, 1.807) is 24.3 Å². The molecule has 7 heteroatoms. The Morgan fingerprint density at radius 2 is 1.86 bits per heavy atom. The fourth-order valence-electron chi connectivity index (χ4n) is 2.65. The van der Waals surface area contributed by atoms with Gasteiger partial charge in [0.05, 0.1) is 17.0 Å². The number of benzene rings is 1. The molecule has 0 unspecified atom stereocenters. The quantitative estimate of drug-likeness (QED) is 0.831. The number of aromatic nitrogens is 2. The first kappa shape index (κ1) is 13.1. The van der Waals surface area contributed by atoms with Gasteiger partial charge in [-0.15, -0.1) is 0 Å². The number of imide groups is 1. The van der Waals surface area contributed by atoms with E-state index >= 15 is 0 Å². The standard InChI is InChI=1S/C15H14N4O3/c20-14-10-3-1-2-4-11(10)15(21)19(14)6-5-12-17-13(22-18-12)9-7-16-8-9/h1-4,9,16H,5-8H2. The molecule has 2 amide bonds. The lowest BCUT2D eigenvalue weighted by Crippen LogP contribution is -2.40. The minimum Gasteiger partial charge on any atom is -0.339 e. The molecular formula is C15H14N4O3. The SMILES string of the molecule is O=C1c2ccccc2C(=O)N1CCc1noc(C2CNC2)n1. The second-order valence-corrected chi connectivity index (χ2v) is 5.46. The normalized spacial score (nSPS) is 17.7. The van der Waals surface area contributed by atoms with E-state index < -0.39 is 0 Å². The zero-order valence-corrected chi connectivity index (χ0v) is 11.8. The van der Waals surface area contributed by atoms with Crippen molar-refractivity contribution >= 4 is 11.8 Å². The van der Waals surface area contributed by atoms with Crippen LogP contribution in [0, 0.1) is 0 Å². The average Bonchev–Trinajstić information content (AvgIpc) is 3.01. The van der Waals surface area contributed by atoms with Gasteiger partial charge in [-0.25, -0.2) is 0 Å². The van der Waals surface area contributed by atoms with Crippen LogP contribution in [0.5, 0.6) is 0 Å². The molecule has 2 aliphatic rings. The Labute approximate surface area is 126 Å². The van der Waals surface area contributed by atoms with Crippen LogP contribution in [0.3, 0.4) is 0 Å². The van der Waals surface area contributed by atoms with Gasteiger partial charge in [0.2, 0.25) is 5.89 Å². The van der Waals surface area contributed by atoms with Crippen LogP contribution in [0.1, 0.15) is 38.3 Å². The summed E-state index contributed by atoms with van der Waals surface area (Å²) >= 11 is 0. The van der Waals surface area contributed by atoms with E-state index in [9.17, 15) is 9.59 Å². The van der Waals surface area contributed by atoms with Crippen molar-refractivity contribution in [1.29, 1.82) is 0 Å². The summed E-state index contributed by atoms with van der Waals surface area (Å²) in [5.41, 5.74) is 0.920. The summed E-state index contributed by atoms with van der Waals surface area (Å²) in [6, 6.07) is 6.86. The second-order valence-electron chi connectivity index (χ2n) is 5.46. The second kappa shape index (κ2) is 5.03. The Kier molecular flexibility index (Phi) is 3.00. The molecular weight excluding hydrogens is 284 g/mol. The molecule has 1 saturated heterocycles. The number of fused-ring (bicyclic) bond motifs is 1. The van der Waals surface area contributed by atoms with Crippen LogP contribution in [0.15, 0.2) is 28.8 Å². The lowest BCUT2D eigenvalue weighted by atomic mass is 10.0. The maximum absolute atomic E-state index is 12.2. The van der Waals surface area contributed by atoms with Gasteiger partial charge in [0, 0.05) is 26.1 Å². The number of carbonyl (C=O) groups excluding carboxylic acids is 2. The summed E-state index contributed by atoms with van der Waals surface area (Å²) in [4.78, 5) is 30.0. The fourth-order valence-corrected chi connectivity index (χ4v) is 2.65. The largest absolute Gasteiger partial charge is 0.339 e. The monoisotopic (exact) mass is 298 g/mol. The smallest absolute Gasteiger partial charge is 0.261 e. The van der Waals surface area contributed by atoms with Gasteiger partial charge in [0.25, 0.3) is 11.8 Å². The number of hydrogen-bond donors (Lipinski definition) is 1. The topological polar surface area (TPSA) is 88.3 Å². The molecule has 1 aromatic carbocycles. The van der Waals surface area contributed by atoms with E-state index in [0.29, 0.717) is 29.3 Å². The van der Waals surface area contributed by atoms with E-state index in [0.717, 1.165) is 13.1 Å². The molecule has 0 aliphatic carbocycles. The molecule has 1 aromatic heterocycles. The molecule has 1 fully saturated rings. The Hall–Kier alpha value is -2.54. The number of carbonyl (C=O) groups is 2. The predicted molar refractivity (Wildman–Crippen MR) is 75.4 cm³/mol. The van der Waals surface area contributed by atoms with Gasteiger partial charge in [-0.05, 0) is 12.1 Å². The summed E-state index contributed by atoms with van der Waals surface area (Å²) in [6.07, 6.45) is 0.398. The average molecular weight is 298 g/mol. The van der Waals surface area contributed by atoms with Crippen molar-refractivity contribution in [2.75, 3.05) is 19.6 Å². The van der Waals surface area contributed by atoms with Gasteiger partial charge in [-0.2, -0.15) is 4.98 Å². The maximum atomic E-state index is 12.2. The highest BCUT2D eigenvalue weighted by atomic mass is 16.5. The van der Waals surface area contributed by atoms with Crippen molar-refractivity contribution in [1.82, 2.24) is 20.4 Å². The van der Waals surface area contributed by atoms with Crippen molar-refractivity contribution in [3.05, 3.63) is 47.1 Å². The highest BCUT2D eigenvalue weighted by molar-refractivity contribution is 6.21. The van der Waals surface area contributed by atoms with Crippen molar-refractivity contribution in [3.8, 4) is 0 Å². The van der Waals surface area contributed by atoms with Gasteiger partial charge in [0.1, 0.15) is 0 Å². The van der Waals surface area contributed by atoms with Gasteiger partial charge in [0.15, 0.2) is 5.82 Å². The van der Waals surface area contributed by atoms with Gasteiger partial charge in [-0.3, -0.25) is 14.5 Å². The van der Waals surface area contributed by atoms with E-state index in [2.05, 4.69) is 15.5 Å². The molecule has 0 spiro atoms. The lowest BCUT2D eigenvalue weighted by molar-refractivity contribution is 0.0655. The maximum Gasteiger partial charge on any atom is 0.261 e. The molecule has 1 N–H and O–H groups in total.